The zero-order chi connectivity index (χ0) is 14.5. The monoisotopic (exact) mass is 276 g/mol. The Bertz CT molecular complexity index is 502. The molecule has 5 heteroatoms. The van der Waals surface area contributed by atoms with Gasteiger partial charge in [0.05, 0.1) is 20.1 Å². The highest BCUT2D eigenvalue weighted by Gasteiger charge is 2.21. The number of hydrogen-bond acceptors (Lipinski definition) is 4. The summed E-state index contributed by atoms with van der Waals surface area (Å²) in [6, 6.07) is 7.80. The van der Waals surface area contributed by atoms with E-state index in [1.807, 2.05) is 31.3 Å². The molecule has 0 radical (unpaired) electrons. The van der Waals surface area contributed by atoms with Gasteiger partial charge in [0.15, 0.2) is 0 Å². The Balaban J connectivity index is 2.05. The lowest BCUT2D eigenvalue weighted by molar-refractivity contribution is -0.140. The maximum absolute atomic E-state index is 11.7. The number of amides is 1. The molecule has 1 fully saturated rings. The van der Waals surface area contributed by atoms with E-state index in [0.717, 1.165) is 24.2 Å². The van der Waals surface area contributed by atoms with Crippen molar-refractivity contribution in [1.82, 2.24) is 9.80 Å². The molecule has 0 N–H and O–H groups in total. The van der Waals surface area contributed by atoms with E-state index in [-0.39, 0.29) is 18.3 Å². The lowest BCUT2D eigenvalue weighted by Crippen LogP contribution is -2.48. The van der Waals surface area contributed by atoms with Crippen LogP contribution in [-0.4, -0.2) is 55.5 Å². The van der Waals surface area contributed by atoms with Gasteiger partial charge in [0.1, 0.15) is 0 Å². The molecule has 0 unspecified atom stereocenters. The van der Waals surface area contributed by atoms with Gasteiger partial charge in [0.2, 0.25) is 5.91 Å². The van der Waals surface area contributed by atoms with Crippen molar-refractivity contribution in [3.8, 4) is 0 Å². The fourth-order valence-electron chi connectivity index (χ4n) is 2.29. The first-order valence-electron chi connectivity index (χ1n) is 6.70. The molecule has 1 aliphatic rings. The van der Waals surface area contributed by atoms with Crippen molar-refractivity contribution >= 4 is 11.9 Å². The smallest absolute Gasteiger partial charge is 0.309 e. The molecular formula is C15H20N2O3. The predicted octanol–water partition coefficient (Wildman–Crippen LogP) is 0.676. The largest absolute Gasteiger partial charge is 0.469 e. The molecule has 1 saturated heterocycles. The molecule has 1 amide bonds. The summed E-state index contributed by atoms with van der Waals surface area (Å²) in [7, 11) is 3.22. The van der Waals surface area contributed by atoms with Gasteiger partial charge in [-0.05, 0) is 11.1 Å². The highest BCUT2D eigenvalue weighted by Crippen LogP contribution is 2.14. The van der Waals surface area contributed by atoms with Crippen LogP contribution >= 0.6 is 0 Å². The number of carbonyl (C=O) groups is 2. The second kappa shape index (κ2) is 6.52. The van der Waals surface area contributed by atoms with Crippen LogP contribution in [0.5, 0.6) is 0 Å². The van der Waals surface area contributed by atoms with Crippen LogP contribution in [0.3, 0.4) is 0 Å². The Morgan fingerprint density at radius 3 is 2.60 bits per heavy atom. The van der Waals surface area contributed by atoms with Crippen LogP contribution in [0.15, 0.2) is 24.3 Å². The minimum atomic E-state index is -0.244. The Hall–Kier alpha value is -1.88. The summed E-state index contributed by atoms with van der Waals surface area (Å²) in [4.78, 5) is 27.0. The summed E-state index contributed by atoms with van der Waals surface area (Å²) in [5, 5.41) is 0. The topological polar surface area (TPSA) is 49.9 Å². The summed E-state index contributed by atoms with van der Waals surface area (Å²) in [5.74, 6) is -0.103. The van der Waals surface area contributed by atoms with Crippen LogP contribution in [-0.2, 0) is 27.3 Å². The molecule has 0 aromatic heterocycles. The number of ether oxygens (including phenoxy) is 1. The number of methoxy groups -OCH3 is 1. The molecule has 108 valence electrons. The van der Waals surface area contributed by atoms with Gasteiger partial charge in [-0.15, -0.1) is 0 Å². The number of hydrogen-bond donors (Lipinski definition) is 0. The van der Waals surface area contributed by atoms with E-state index in [1.165, 1.54) is 7.11 Å². The van der Waals surface area contributed by atoms with Gasteiger partial charge in [-0.2, -0.15) is 0 Å². The Morgan fingerprint density at radius 1 is 1.25 bits per heavy atom. The first kappa shape index (κ1) is 14.5. The summed E-state index contributed by atoms with van der Waals surface area (Å²) in [6.45, 7) is 2.72. The van der Waals surface area contributed by atoms with Gasteiger partial charge in [0.25, 0.3) is 0 Å². The highest BCUT2D eigenvalue weighted by molar-refractivity contribution is 5.78. The number of rotatable bonds is 4. The minimum Gasteiger partial charge on any atom is -0.469 e. The molecule has 1 heterocycles. The van der Waals surface area contributed by atoms with E-state index in [1.54, 1.807) is 4.90 Å². The zero-order valence-corrected chi connectivity index (χ0v) is 12.0. The van der Waals surface area contributed by atoms with Crippen LogP contribution in [0.25, 0.3) is 0 Å². The SMILES string of the molecule is COC(=O)Cc1ccccc1CN1CCN(C)C(=O)C1. The molecule has 0 saturated carbocycles. The standard InChI is InChI=1S/C15H20N2O3/c1-16-7-8-17(11-14(16)18)10-13-6-4-3-5-12(13)9-15(19)20-2/h3-6H,7-11H2,1-2H3. The fraction of sp³-hybridized carbons (Fsp3) is 0.467. The van der Waals surface area contributed by atoms with Gasteiger partial charge in [-0.3, -0.25) is 14.5 Å². The fourth-order valence-corrected chi connectivity index (χ4v) is 2.29. The average Bonchev–Trinajstić information content (AvgIpc) is 2.45. The Kier molecular flexibility index (Phi) is 4.74. The summed E-state index contributed by atoms with van der Waals surface area (Å²) in [6.07, 6.45) is 0.272. The van der Waals surface area contributed by atoms with E-state index in [4.69, 9.17) is 4.74 Å². The molecule has 20 heavy (non-hydrogen) atoms. The predicted molar refractivity (Wildman–Crippen MR) is 75.1 cm³/mol. The molecule has 5 nitrogen and oxygen atoms in total. The molecule has 1 aliphatic heterocycles. The second-order valence-electron chi connectivity index (χ2n) is 5.05. The van der Waals surface area contributed by atoms with Gasteiger partial charge in [-0.1, -0.05) is 24.3 Å². The quantitative estimate of drug-likeness (QED) is 0.759. The van der Waals surface area contributed by atoms with Gasteiger partial charge in [-0.25, -0.2) is 0 Å². The number of benzene rings is 1. The summed E-state index contributed by atoms with van der Waals surface area (Å²) >= 11 is 0. The molecular weight excluding hydrogens is 256 g/mol. The highest BCUT2D eigenvalue weighted by atomic mass is 16.5. The number of piperazine rings is 1. The second-order valence-corrected chi connectivity index (χ2v) is 5.05. The zero-order valence-electron chi connectivity index (χ0n) is 12.0. The van der Waals surface area contributed by atoms with Crippen LogP contribution in [0, 0.1) is 0 Å². The molecule has 0 spiro atoms. The molecule has 2 rings (SSSR count). The third-order valence-corrected chi connectivity index (χ3v) is 3.61. The third-order valence-electron chi connectivity index (χ3n) is 3.61. The van der Waals surface area contributed by atoms with Gasteiger partial charge < -0.3 is 9.64 Å². The number of carbonyl (C=O) groups excluding carboxylic acids is 2. The maximum Gasteiger partial charge on any atom is 0.309 e. The molecule has 0 atom stereocenters. The molecule has 0 bridgehead atoms. The van der Waals surface area contributed by atoms with Crippen molar-refractivity contribution < 1.29 is 14.3 Å². The van der Waals surface area contributed by atoms with Crippen LogP contribution in [0.4, 0.5) is 0 Å². The number of nitrogens with zero attached hydrogens (tertiary/aromatic N) is 2. The van der Waals surface area contributed by atoms with Crippen molar-refractivity contribution in [3.05, 3.63) is 35.4 Å². The molecule has 0 aliphatic carbocycles. The van der Waals surface area contributed by atoms with Gasteiger partial charge >= 0.3 is 5.97 Å². The summed E-state index contributed by atoms with van der Waals surface area (Å²) in [5.41, 5.74) is 2.04. The van der Waals surface area contributed by atoms with E-state index < -0.39 is 0 Å². The van der Waals surface area contributed by atoms with Crippen molar-refractivity contribution in [2.75, 3.05) is 33.8 Å². The third kappa shape index (κ3) is 3.57. The van der Waals surface area contributed by atoms with E-state index in [2.05, 4.69) is 4.90 Å². The summed E-state index contributed by atoms with van der Waals surface area (Å²) < 4.78 is 4.72. The van der Waals surface area contributed by atoms with Crippen molar-refractivity contribution in [2.24, 2.45) is 0 Å². The maximum atomic E-state index is 11.7. The van der Waals surface area contributed by atoms with Crippen LogP contribution < -0.4 is 0 Å². The Labute approximate surface area is 119 Å². The van der Waals surface area contributed by atoms with Crippen molar-refractivity contribution in [3.63, 3.8) is 0 Å². The first-order valence-corrected chi connectivity index (χ1v) is 6.70. The number of likely N-dealkylation sites (N-methyl/N-ethyl adjacent to an activating group) is 1. The van der Waals surface area contributed by atoms with Crippen molar-refractivity contribution in [2.45, 2.75) is 13.0 Å². The van der Waals surface area contributed by atoms with E-state index in [0.29, 0.717) is 13.1 Å². The van der Waals surface area contributed by atoms with Gasteiger partial charge in [0, 0.05) is 26.7 Å². The lowest BCUT2D eigenvalue weighted by Gasteiger charge is -2.32. The van der Waals surface area contributed by atoms with E-state index in [9.17, 15) is 9.59 Å². The van der Waals surface area contributed by atoms with E-state index >= 15 is 0 Å². The Morgan fingerprint density at radius 2 is 1.95 bits per heavy atom. The average molecular weight is 276 g/mol. The minimum absolute atomic E-state index is 0.140. The molecule has 1 aromatic rings. The normalized spacial score (nSPS) is 16.3. The first-order chi connectivity index (χ1) is 9.60. The van der Waals surface area contributed by atoms with Crippen LogP contribution in [0.2, 0.25) is 0 Å². The van der Waals surface area contributed by atoms with Crippen LogP contribution in [0.1, 0.15) is 11.1 Å². The lowest BCUT2D eigenvalue weighted by atomic mass is 10.0. The molecule has 1 aromatic carbocycles. The number of esters is 1. The van der Waals surface area contributed by atoms with Crippen molar-refractivity contribution in [1.29, 1.82) is 0 Å².